The smallest absolute Gasteiger partial charge is 0.147 e. The molecule has 0 spiro atoms. The second kappa shape index (κ2) is 7.26. The fourth-order valence-corrected chi connectivity index (χ4v) is 2.77. The van der Waals surface area contributed by atoms with Gasteiger partial charge >= 0.3 is 0 Å². The average Bonchev–Trinajstić information content (AvgIpc) is 2.50. The lowest BCUT2D eigenvalue weighted by atomic mass is 9.91. The monoisotopic (exact) mass is 277 g/mol. The van der Waals surface area contributed by atoms with Gasteiger partial charge in [0.1, 0.15) is 5.84 Å². The first kappa shape index (κ1) is 14.8. The molecular formula is C15H23N3O2. The van der Waals surface area contributed by atoms with Gasteiger partial charge in [-0.1, -0.05) is 48.3 Å². The van der Waals surface area contributed by atoms with E-state index in [-0.39, 0.29) is 23.9 Å². The van der Waals surface area contributed by atoms with E-state index in [2.05, 4.69) is 10.5 Å². The van der Waals surface area contributed by atoms with E-state index in [9.17, 15) is 5.11 Å². The highest BCUT2D eigenvalue weighted by Crippen LogP contribution is 2.20. The van der Waals surface area contributed by atoms with Gasteiger partial charge in [0.25, 0.3) is 0 Å². The Balaban J connectivity index is 2.02. The first-order valence-corrected chi connectivity index (χ1v) is 7.16. The van der Waals surface area contributed by atoms with Crippen LogP contribution in [0.2, 0.25) is 0 Å². The molecule has 0 aliphatic heterocycles. The van der Waals surface area contributed by atoms with E-state index >= 15 is 0 Å². The highest BCUT2D eigenvalue weighted by molar-refractivity contribution is 5.87. The van der Waals surface area contributed by atoms with Crippen LogP contribution in [0.1, 0.15) is 37.2 Å². The first-order valence-electron chi connectivity index (χ1n) is 7.16. The Morgan fingerprint density at radius 3 is 2.65 bits per heavy atom. The van der Waals surface area contributed by atoms with E-state index in [4.69, 9.17) is 10.9 Å². The molecule has 110 valence electrons. The van der Waals surface area contributed by atoms with Crippen LogP contribution in [-0.2, 0) is 0 Å². The van der Waals surface area contributed by atoms with E-state index in [0.717, 1.165) is 31.2 Å². The number of nitrogens with zero attached hydrogens (tertiary/aromatic N) is 1. The van der Waals surface area contributed by atoms with Gasteiger partial charge in [-0.3, -0.25) is 0 Å². The van der Waals surface area contributed by atoms with Crippen molar-refractivity contribution in [2.45, 2.75) is 43.7 Å². The van der Waals surface area contributed by atoms with Gasteiger partial charge in [-0.15, -0.1) is 0 Å². The number of amidine groups is 1. The summed E-state index contributed by atoms with van der Waals surface area (Å²) in [5.41, 5.74) is 6.80. The van der Waals surface area contributed by atoms with Crippen LogP contribution >= 0.6 is 0 Å². The predicted molar refractivity (Wildman–Crippen MR) is 78.9 cm³/mol. The van der Waals surface area contributed by atoms with Crippen molar-refractivity contribution in [2.75, 3.05) is 6.54 Å². The summed E-state index contributed by atoms with van der Waals surface area (Å²) in [5.74, 6) is 0.00401. The van der Waals surface area contributed by atoms with Gasteiger partial charge in [0.15, 0.2) is 0 Å². The molecule has 3 unspecified atom stereocenters. The van der Waals surface area contributed by atoms with Crippen molar-refractivity contribution in [1.82, 2.24) is 5.32 Å². The maximum atomic E-state index is 9.97. The third kappa shape index (κ3) is 3.71. The largest absolute Gasteiger partial charge is 0.409 e. The summed E-state index contributed by atoms with van der Waals surface area (Å²) in [4.78, 5) is 0. The predicted octanol–water partition coefficient (Wildman–Crippen LogP) is 1.41. The van der Waals surface area contributed by atoms with Gasteiger partial charge in [-0.2, -0.15) is 0 Å². The van der Waals surface area contributed by atoms with Gasteiger partial charge in [0, 0.05) is 12.6 Å². The average molecular weight is 277 g/mol. The van der Waals surface area contributed by atoms with E-state index in [1.807, 2.05) is 30.3 Å². The number of hydrogen-bond donors (Lipinski definition) is 4. The van der Waals surface area contributed by atoms with Crippen molar-refractivity contribution >= 4 is 5.84 Å². The molecule has 0 aromatic heterocycles. The summed E-state index contributed by atoms with van der Waals surface area (Å²) in [6, 6.07) is 9.82. The molecule has 2 rings (SSSR count). The molecular weight excluding hydrogens is 254 g/mol. The lowest BCUT2D eigenvalue weighted by Crippen LogP contribution is -2.45. The summed E-state index contributed by atoms with van der Waals surface area (Å²) in [6.07, 6.45) is 3.74. The Labute approximate surface area is 119 Å². The molecule has 1 aromatic carbocycles. The molecule has 1 aromatic rings. The Bertz CT molecular complexity index is 436. The third-order valence-corrected chi connectivity index (χ3v) is 3.99. The highest BCUT2D eigenvalue weighted by Gasteiger charge is 2.25. The number of oxime groups is 1. The number of aliphatic hydroxyl groups excluding tert-OH is 1. The van der Waals surface area contributed by atoms with Gasteiger partial charge in [-0.25, -0.2) is 0 Å². The van der Waals surface area contributed by atoms with Crippen LogP contribution < -0.4 is 11.1 Å². The van der Waals surface area contributed by atoms with Crippen molar-refractivity contribution in [1.29, 1.82) is 0 Å². The maximum absolute atomic E-state index is 9.97. The van der Waals surface area contributed by atoms with Crippen molar-refractivity contribution in [2.24, 2.45) is 10.9 Å². The molecule has 3 atom stereocenters. The molecule has 0 bridgehead atoms. The minimum atomic E-state index is -0.299. The van der Waals surface area contributed by atoms with Crippen LogP contribution in [-0.4, -0.2) is 34.8 Å². The Kier molecular flexibility index (Phi) is 5.38. The maximum Gasteiger partial charge on any atom is 0.147 e. The van der Waals surface area contributed by atoms with Crippen molar-refractivity contribution < 1.29 is 10.3 Å². The van der Waals surface area contributed by atoms with Crippen LogP contribution in [0.3, 0.4) is 0 Å². The summed E-state index contributed by atoms with van der Waals surface area (Å²) in [7, 11) is 0. The molecule has 1 aliphatic carbocycles. The minimum Gasteiger partial charge on any atom is -0.409 e. The normalized spacial score (nSPS) is 25.4. The minimum absolute atomic E-state index is 0.0986. The lowest BCUT2D eigenvalue weighted by molar-refractivity contribution is 0.0910. The molecule has 0 amide bonds. The molecule has 5 nitrogen and oxygen atoms in total. The van der Waals surface area contributed by atoms with Gasteiger partial charge in [0.2, 0.25) is 0 Å². The fraction of sp³-hybridized carbons (Fsp3) is 0.533. The Hall–Kier alpha value is -1.59. The molecule has 5 heteroatoms. The number of hydrogen-bond acceptors (Lipinski definition) is 4. The Morgan fingerprint density at radius 1 is 1.30 bits per heavy atom. The number of nitrogens with two attached hydrogens (primary N) is 1. The van der Waals surface area contributed by atoms with Crippen LogP contribution in [0.4, 0.5) is 0 Å². The number of benzene rings is 1. The summed E-state index contributed by atoms with van der Waals surface area (Å²) in [5, 5.41) is 25.4. The molecule has 0 saturated heterocycles. The summed E-state index contributed by atoms with van der Waals surface area (Å²) < 4.78 is 0. The highest BCUT2D eigenvalue weighted by atomic mass is 16.4. The number of aliphatic hydroxyl groups is 1. The molecule has 5 N–H and O–H groups in total. The fourth-order valence-electron chi connectivity index (χ4n) is 2.77. The quantitative estimate of drug-likeness (QED) is 0.283. The van der Waals surface area contributed by atoms with E-state index in [1.54, 1.807) is 0 Å². The molecule has 1 fully saturated rings. The van der Waals surface area contributed by atoms with Crippen molar-refractivity contribution in [3.05, 3.63) is 35.9 Å². The van der Waals surface area contributed by atoms with E-state index < -0.39 is 0 Å². The van der Waals surface area contributed by atoms with Crippen LogP contribution in [0, 0.1) is 0 Å². The molecule has 1 aliphatic rings. The van der Waals surface area contributed by atoms with Crippen molar-refractivity contribution in [3.63, 3.8) is 0 Å². The van der Waals surface area contributed by atoms with Gasteiger partial charge in [0.05, 0.1) is 12.0 Å². The SMILES string of the molecule is NC(=NO)C(CNC1CCCCC1O)c1ccccc1. The second-order valence-electron chi connectivity index (χ2n) is 5.35. The van der Waals surface area contributed by atoms with E-state index in [0.29, 0.717) is 6.54 Å². The van der Waals surface area contributed by atoms with Crippen LogP contribution in [0.15, 0.2) is 35.5 Å². The van der Waals surface area contributed by atoms with Gasteiger partial charge in [-0.05, 0) is 18.4 Å². The zero-order valence-electron chi connectivity index (χ0n) is 11.6. The zero-order chi connectivity index (χ0) is 14.4. The van der Waals surface area contributed by atoms with Crippen molar-refractivity contribution in [3.8, 4) is 0 Å². The summed E-state index contributed by atoms with van der Waals surface area (Å²) in [6.45, 7) is 0.557. The second-order valence-corrected chi connectivity index (χ2v) is 5.35. The third-order valence-electron chi connectivity index (χ3n) is 3.99. The molecule has 20 heavy (non-hydrogen) atoms. The lowest BCUT2D eigenvalue weighted by Gasteiger charge is -2.30. The van der Waals surface area contributed by atoms with Crippen LogP contribution in [0.5, 0.6) is 0 Å². The van der Waals surface area contributed by atoms with E-state index in [1.165, 1.54) is 0 Å². The van der Waals surface area contributed by atoms with Gasteiger partial charge < -0.3 is 21.4 Å². The topological polar surface area (TPSA) is 90.9 Å². The zero-order valence-corrected chi connectivity index (χ0v) is 11.6. The summed E-state index contributed by atoms with van der Waals surface area (Å²) >= 11 is 0. The number of nitrogens with one attached hydrogen (secondary N) is 1. The first-order chi connectivity index (χ1) is 9.72. The Morgan fingerprint density at radius 2 is 2.00 bits per heavy atom. The molecule has 1 saturated carbocycles. The van der Waals surface area contributed by atoms with Crippen LogP contribution in [0.25, 0.3) is 0 Å². The standard InChI is InChI=1S/C15H23N3O2/c16-15(18-20)12(11-6-2-1-3-7-11)10-17-13-8-4-5-9-14(13)19/h1-3,6-7,12-14,17,19-20H,4-5,8-10H2,(H2,16,18). The number of rotatable bonds is 5. The molecule has 0 radical (unpaired) electrons. The molecule has 0 heterocycles.